The number of likely N-dealkylation sites (tertiary alicyclic amines) is 1. The van der Waals surface area contributed by atoms with Crippen LogP contribution in [0, 0.1) is 11.8 Å². The second-order valence-electron chi connectivity index (χ2n) is 8.05. The first-order valence-corrected chi connectivity index (χ1v) is 10.2. The molecule has 2 fully saturated rings. The molecule has 1 amide bonds. The van der Waals surface area contributed by atoms with Crippen LogP contribution in [0.1, 0.15) is 64.4 Å². The Hall–Kier alpha value is -1.68. The van der Waals surface area contributed by atoms with Crippen LogP contribution >= 0.6 is 0 Å². The number of hydrogen-bond donors (Lipinski definition) is 0. The Morgan fingerprint density at radius 2 is 2.00 bits per heavy atom. The van der Waals surface area contributed by atoms with Gasteiger partial charge in [-0.25, -0.2) is 0 Å². The minimum Gasteiger partial charge on any atom is -0.325 e. The normalized spacial score (nSPS) is 36.0. The number of nitrogens with zero attached hydrogens (tertiary/aromatic N) is 2. The van der Waals surface area contributed by atoms with E-state index < -0.39 is 5.72 Å². The highest BCUT2D eigenvalue weighted by Gasteiger charge is 2.61. The molecule has 5 atom stereocenters. The van der Waals surface area contributed by atoms with Crippen molar-refractivity contribution >= 4 is 11.6 Å². The van der Waals surface area contributed by atoms with Crippen LogP contribution in [-0.4, -0.2) is 35.0 Å². The van der Waals surface area contributed by atoms with Crippen molar-refractivity contribution in [3.05, 3.63) is 35.9 Å². The lowest BCUT2D eigenvalue weighted by molar-refractivity contribution is -0.148. The summed E-state index contributed by atoms with van der Waals surface area (Å²) in [6.45, 7) is 7.18. The zero-order valence-corrected chi connectivity index (χ0v) is 16.1. The number of unbranched alkanes of at least 4 members (excludes halogenated alkanes) is 1. The molecule has 1 saturated carbocycles. The van der Waals surface area contributed by atoms with E-state index in [4.69, 9.17) is 9.73 Å². The van der Waals surface area contributed by atoms with E-state index in [1.807, 2.05) is 4.90 Å². The third-order valence-electron chi connectivity index (χ3n) is 6.63. The summed E-state index contributed by atoms with van der Waals surface area (Å²) in [5.41, 5.74) is 1.85. The molecular formula is C22H30N2O2. The van der Waals surface area contributed by atoms with Gasteiger partial charge in [-0.1, -0.05) is 50.6 Å². The highest BCUT2D eigenvalue weighted by atomic mass is 16.6. The van der Waals surface area contributed by atoms with Gasteiger partial charge in [-0.2, -0.15) is 0 Å². The van der Waals surface area contributed by atoms with Gasteiger partial charge in [-0.05, 0) is 43.6 Å². The van der Waals surface area contributed by atoms with Crippen LogP contribution in [0.4, 0.5) is 0 Å². The number of amides is 1. The molecule has 2 aliphatic heterocycles. The molecule has 0 aromatic heterocycles. The Morgan fingerprint density at radius 3 is 2.69 bits per heavy atom. The third-order valence-corrected chi connectivity index (χ3v) is 6.63. The van der Waals surface area contributed by atoms with Crippen LogP contribution in [0.2, 0.25) is 0 Å². The van der Waals surface area contributed by atoms with Crippen LogP contribution in [0.5, 0.6) is 0 Å². The second kappa shape index (κ2) is 6.80. The maximum Gasteiger partial charge on any atom is 0.228 e. The molecule has 140 valence electrons. The number of fused-ring (bicyclic) bond motifs is 1. The van der Waals surface area contributed by atoms with E-state index in [2.05, 4.69) is 51.1 Å². The average molecular weight is 354 g/mol. The van der Waals surface area contributed by atoms with Crippen molar-refractivity contribution in [3.63, 3.8) is 0 Å². The van der Waals surface area contributed by atoms with E-state index in [1.165, 1.54) is 5.56 Å². The van der Waals surface area contributed by atoms with E-state index >= 15 is 0 Å². The van der Waals surface area contributed by atoms with E-state index in [1.54, 1.807) is 0 Å². The highest BCUT2D eigenvalue weighted by molar-refractivity contribution is 6.01. The minimum atomic E-state index is -0.577. The first kappa shape index (κ1) is 17.7. The Kier molecular flexibility index (Phi) is 4.64. The molecule has 1 spiro atoms. The molecule has 4 nitrogen and oxygen atoms in total. The molecule has 3 aliphatic rings. The van der Waals surface area contributed by atoms with Gasteiger partial charge in [0.1, 0.15) is 0 Å². The van der Waals surface area contributed by atoms with Crippen LogP contribution in [0.25, 0.3) is 0 Å². The summed E-state index contributed by atoms with van der Waals surface area (Å²) < 4.78 is 6.53. The quantitative estimate of drug-likeness (QED) is 0.788. The molecule has 2 heterocycles. The summed E-state index contributed by atoms with van der Waals surface area (Å²) in [6, 6.07) is 10.6. The monoisotopic (exact) mass is 354 g/mol. The van der Waals surface area contributed by atoms with E-state index in [0.717, 1.165) is 37.8 Å². The minimum absolute atomic E-state index is 0.0257. The van der Waals surface area contributed by atoms with Gasteiger partial charge in [0, 0.05) is 18.9 Å². The Bertz CT molecular complexity index is 701. The number of ether oxygens (including phenoxy) is 1. The number of carbonyl (C=O) groups is 1. The van der Waals surface area contributed by atoms with Crippen LogP contribution in [0.3, 0.4) is 0 Å². The van der Waals surface area contributed by atoms with Gasteiger partial charge >= 0.3 is 0 Å². The van der Waals surface area contributed by atoms with Gasteiger partial charge in [0.25, 0.3) is 0 Å². The van der Waals surface area contributed by atoms with Crippen LogP contribution < -0.4 is 0 Å². The largest absolute Gasteiger partial charge is 0.325 e. The van der Waals surface area contributed by atoms with Gasteiger partial charge in [-0.15, -0.1) is 0 Å². The zero-order chi connectivity index (χ0) is 18.3. The molecule has 1 aliphatic carbocycles. The molecule has 0 radical (unpaired) electrons. The molecule has 2 bridgehead atoms. The fourth-order valence-electron chi connectivity index (χ4n) is 5.19. The van der Waals surface area contributed by atoms with E-state index in [9.17, 15) is 4.79 Å². The summed E-state index contributed by atoms with van der Waals surface area (Å²) in [6.07, 6.45) is 4.78. The zero-order valence-electron chi connectivity index (χ0n) is 16.1. The molecule has 1 saturated heterocycles. The topological polar surface area (TPSA) is 41.9 Å². The summed E-state index contributed by atoms with van der Waals surface area (Å²) in [7, 11) is 0. The van der Waals surface area contributed by atoms with Gasteiger partial charge in [-0.3, -0.25) is 9.79 Å². The van der Waals surface area contributed by atoms with Crippen molar-refractivity contribution in [2.24, 2.45) is 16.8 Å². The molecule has 1 aromatic carbocycles. The lowest BCUT2D eigenvalue weighted by Crippen LogP contribution is -2.52. The van der Waals surface area contributed by atoms with Crippen LogP contribution in [-0.2, 0) is 9.53 Å². The molecular weight excluding hydrogens is 324 g/mol. The van der Waals surface area contributed by atoms with Crippen molar-refractivity contribution in [2.75, 3.05) is 6.54 Å². The maximum atomic E-state index is 13.2. The van der Waals surface area contributed by atoms with Gasteiger partial charge in [0.2, 0.25) is 5.91 Å². The van der Waals surface area contributed by atoms with Crippen molar-refractivity contribution in [3.8, 4) is 0 Å². The smallest absolute Gasteiger partial charge is 0.228 e. The molecule has 26 heavy (non-hydrogen) atoms. The number of hydrogen-bond acceptors (Lipinski definition) is 3. The Morgan fingerprint density at radius 1 is 1.23 bits per heavy atom. The maximum absolute atomic E-state index is 13.2. The fraction of sp³-hybridized carbons (Fsp3) is 0.636. The third kappa shape index (κ3) is 2.61. The molecule has 4 heteroatoms. The molecule has 0 N–H and O–H groups in total. The first-order valence-electron chi connectivity index (χ1n) is 10.2. The summed E-state index contributed by atoms with van der Waals surface area (Å²) in [4.78, 5) is 20.2. The summed E-state index contributed by atoms with van der Waals surface area (Å²) in [5.74, 6) is 0.907. The summed E-state index contributed by atoms with van der Waals surface area (Å²) >= 11 is 0. The van der Waals surface area contributed by atoms with Gasteiger partial charge < -0.3 is 9.64 Å². The van der Waals surface area contributed by atoms with Crippen molar-refractivity contribution in [1.29, 1.82) is 0 Å². The lowest BCUT2D eigenvalue weighted by atomic mass is 9.78. The number of carbonyl (C=O) groups excluding carboxylic acids is 1. The average Bonchev–Trinajstić information content (AvgIpc) is 3.11. The van der Waals surface area contributed by atoms with E-state index in [-0.39, 0.29) is 18.1 Å². The highest BCUT2D eigenvalue weighted by Crippen LogP contribution is 2.52. The number of aliphatic imine (C=N–C) groups is 1. The standard InChI is InChI=1S/C22H30N2O2/c1-4-6-12-20-23-19-13-17(16-10-8-7-9-11-16)15(3)18-14-22(19,26-20)24(5-2)21(18)25/h7-11,15,17-18,20H,4-6,12-14H2,1-3H3/t15-,17+,18?,20-,22+/m1/s1. The SMILES string of the molecule is CCCC[C@@H]1N=C2C[C@H](c3ccccc3)[C@@H](C)C3C[C@@]2(O1)N(CC)C3=O. The van der Waals surface area contributed by atoms with E-state index in [0.29, 0.717) is 18.4 Å². The van der Waals surface area contributed by atoms with Crippen molar-refractivity contribution < 1.29 is 9.53 Å². The predicted octanol–water partition coefficient (Wildman–Crippen LogP) is 4.36. The lowest BCUT2D eigenvalue weighted by Gasteiger charge is -2.37. The fourth-order valence-corrected chi connectivity index (χ4v) is 5.19. The van der Waals surface area contributed by atoms with Gasteiger partial charge in [0.05, 0.1) is 5.71 Å². The molecule has 4 rings (SSSR count). The first-order chi connectivity index (χ1) is 12.6. The Labute approximate surface area is 156 Å². The van der Waals surface area contributed by atoms with Crippen molar-refractivity contribution in [2.45, 2.75) is 70.7 Å². The summed E-state index contributed by atoms with van der Waals surface area (Å²) in [5, 5.41) is 0. The van der Waals surface area contributed by atoms with Gasteiger partial charge in [0.15, 0.2) is 12.0 Å². The molecule has 1 aromatic rings. The van der Waals surface area contributed by atoms with Crippen molar-refractivity contribution in [1.82, 2.24) is 4.90 Å². The second-order valence-corrected chi connectivity index (χ2v) is 8.05. The number of rotatable bonds is 5. The molecule has 1 unspecified atom stereocenters. The Balaban J connectivity index is 1.73. The number of benzene rings is 1. The predicted molar refractivity (Wildman–Crippen MR) is 103 cm³/mol. The van der Waals surface area contributed by atoms with Crippen LogP contribution in [0.15, 0.2) is 35.3 Å².